The summed E-state index contributed by atoms with van der Waals surface area (Å²) in [5.74, 6) is 0. The van der Waals surface area contributed by atoms with Crippen molar-refractivity contribution in [1.29, 1.82) is 0 Å². The molecule has 104 valence electrons. The maximum Gasteiger partial charge on any atom is 0.0931 e. The Bertz CT molecular complexity index is 481. The van der Waals surface area contributed by atoms with Gasteiger partial charge in [0, 0.05) is 35.4 Å². The summed E-state index contributed by atoms with van der Waals surface area (Å²) in [6, 6.07) is 8.78. The molecule has 0 aromatic carbocycles. The molecule has 2 rings (SSSR count). The number of halogens is 1. The highest BCUT2D eigenvalue weighted by Gasteiger charge is 2.07. The standard InChI is InChI=1S/C14H19ClN2S2/c1-11(13-4-3-9-18-13)16-7-8-17(2)10-12-5-6-14(15)19-12/h3-6,9,11,16H,7-8,10H2,1-2H3. The molecule has 2 aromatic heterocycles. The van der Waals surface area contributed by atoms with Gasteiger partial charge in [0.2, 0.25) is 0 Å². The molecule has 0 saturated heterocycles. The highest BCUT2D eigenvalue weighted by atomic mass is 35.5. The summed E-state index contributed by atoms with van der Waals surface area (Å²) in [6.07, 6.45) is 0. The lowest BCUT2D eigenvalue weighted by molar-refractivity contribution is 0.322. The van der Waals surface area contributed by atoms with E-state index in [1.54, 1.807) is 22.7 Å². The lowest BCUT2D eigenvalue weighted by atomic mass is 10.3. The molecular weight excluding hydrogens is 296 g/mol. The molecule has 0 aliphatic rings. The van der Waals surface area contributed by atoms with Gasteiger partial charge in [-0.25, -0.2) is 0 Å². The van der Waals surface area contributed by atoms with Crippen LogP contribution in [0, 0.1) is 0 Å². The second-order valence-corrected chi connectivity index (χ2v) is 7.41. The first-order valence-electron chi connectivity index (χ1n) is 6.34. The van der Waals surface area contributed by atoms with E-state index in [-0.39, 0.29) is 0 Å². The summed E-state index contributed by atoms with van der Waals surface area (Å²) in [4.78, 5) is 5.03. The van der Waals surface area contributed by atoms with E-state index >= 15 is 0 Å². The predicted octanol–water partition coefficient (Wildman–Crippen LogP) is 4.25. The monoisotopic (exact) mass is 314 g/mol. The zero-order chi connectivity index (χ0) is 13.7. The van der Waals surface area contributed by atoms with Gasteiger partial charge < -0.3 is 10.2 Å². The molecule has 1 N–H and O–H groups in total. The van der Waals surface area contributed by atoms with Crippen LogP contribution in [-0.2, 0) is 6.54 Å². The molecule has 19 heavy (non-hydrogen) atoms. The Morgan fingerprint density at radius 2 is 2.21 bits per heavy atom. The van der Waals surface area contributed by atoms with Gasteiger partial charge in [-0.2, -0.15) is 0 Å². The molecule has 2 heterocycles. The molecule has 1 atom stereocenters. The third-order valence-corrected chi connectivity index (χ3v) is 5.24. The first-order chi connectivity index (χ1) is 9.15. The normalized spacial score (nSPS) is 13.1. The average molecular weight is 315 g/mol. The largest absolute Gasteiger partial charge is 0.308 e. The molecule has 5 heteroatoms. The van der Waals surface area contributed by atoms with E-state index in [1.165, 1.54) is 9.75 Å². The Labute approximate surface area is 128 Å². The lowest BCUT2D eigenvalue weighted by Gasteiger charge is -2.18. The van der Waals surface area contributed by atoms with E-state index in [1.807, 2.05) is 6.07 Å². The van der Waals surface area contributed by atoms with Crippen LogP contribution in [0.3, 0.4) is 0 Å². The summed E-state index contributed by atoms with van der Waals surface area (Å²) >= 11 is 9.40. The van der Waals surface area contributed by atoms with Crippen molar-refractivity contribution in [1.82, 2.24) is 10.2 Å². The van der Waals surface area contributed by atoms with E-state index in [4.69, 9.17) is 11.6 Å². The van der Waals surface area contributed by atoms with Crippen molar-refractivity contribution in [2.75, 3.05) is 20.1 Å². The van der Waals surface area contributed by atoms with Gasteiger partial charge in [-0.15, -0.1) is 22.7 Å². The van der Waals surface area contributed by atoms with Crippen molar-refractivity contribution in [3.63, 3.8) is 0 Å². The number of nitrogens with one attached hydrogen (secondary N) is 1. The molecule has 0 bridgehead atoms. The molecule has 2 nitrogen and oxygen atoms in total. The molecule has 0 spiro atoms. The van der Waals surface area contributed by atoms with Crippen molar-refractivity contribution >= 4 is 34.3 Å². The summed E-state index contributed by atoms with van der Waals surface area (Å²) in [5, 5.41) is 5.68. The molecule has 0 aliphatic heterocycles. The van der Waals surface area contributed by atoms with Gasteiger partial charge in [-0.1, -0.05) is 17.7 Å². The van der Waals surface area contributed by atoms with Crippen molar-refractivity contribution in [3.05, 3.63) is 43.7 Å². The number of nitrogens with zero attached hydrogens (tertiary/aromatic N) is 1. The number of hydrogen-bond donors (Lipinski definition) is 1. The maximum absolute atomic E-state index is 5.94. The second-order valence-electron chi connectivity index (χ2n) is 4.63. The summed E-state index contributed by atoms with van der Waals surface area (Å²) in [7, 11) is 2.14. The SMILES string of the molecule is CC(NCCN(C)Cc1ccc(Cl)s1)c1cccs1. The molecular formula is C14H19ClN2S2. The van der Waals surface area contributed by atoms with E-state index in [0.717, 1.165) is 24.0 Å². The first kappa shape index (κ1) is 15.0. The predicted molar refractivity (Wildman–Crippen MR) is 86.4 cm³/mol. The van der Waals surface area contributed by atoms with E-state index in [9.17, 15) is 0 Å². The number of hydrogen-bond acceptors (Lipinski definition) is 4. The zero-order valence-corrected chi connectivity index (χ0v) is 13.6. The Hall–Kier alpha value is -0.390. The topological polar surface area (TPSA) is 15.3 Å². The van der Waals surface area contributed by atoms with Crippen LogP contribution >= 0.6 is 34.3 Å². The highest BCUT2D eigenvalue weighted by molar-refractivity contribution is 7.16. The van der Waals surface area contributed by atoms with E-state index in [2.05, 4.69) is 47.8 Å². The Morgan fingerprint density at radius 1 is 1.37 bits per heavy atom. The fourth-order valence-corrected chi connectivity index (χ4v) is 3.82. The van der Waals surface area contributed by atoms with Crippen LogP contribution in [0.15, 0.2) is 29.6 Å². The van der Waals surface area contributed by atoms with Crippen molar-refractivity contribution in [2.45, 2.75) is 19.5 Å². The molecule has 2 aromatic rings. The molecule has 0 radical (unpaired) electrons. The number of rotatable bonds is 7. The lowest BCUT2D eigenvalue weighted by Crippen LogP contribution is -2.30. The van der Waals surface area contributed by atoms with Gasteiger partial charge in [0.05, 0.1) is 4.34 Å². The quantitative estimate of drug-likeness (QED) is 0.822. The van der Waals surface area contributed by atoms with Gasteiger partial charge in [0.25, 0.3) is 0 Å². The van der Waals surface area contributed by atoms with Crippen molar-refractivity contribution in [2.24, 2.45) is 0 Å². The molecule has 0 aliphatic carbocycles. The smallest absolute Gasteiger partial charge is 0.0931 e. The number of likely N-dealkylation sites (N-methyl/N-ethyl adjacent to an activating group) is 1. The molecule has 0 fully saturated rings. The third-order valence-electron chi connectivity index (χ3n) is 2.97. The fourth-order valence-electron chi connectivity index (χ4n) is 1.89. The van der Waals surface area contributed by atoms with Crippen LogP contribution in [0.2, 0.25) is 4.34 Å². The van der Waals surface area contributed by atoms with Crippen LogP contribution in [0.5, 0.6) is 0 Å². The summed E-state index contributed by atoms with van der Waals surface area (Å²) < 4.78 is 0.868. The third kappa shape index (κ3) is 4.89. The molecule has 0 amide bonds. The number of thiophene rings is 2. The highest BCUT2D eigenvalue weighted by Crippen LogP contribution is 2.22. The van der Waals surface area contributed by atoms with Gasteiger partial charge in [-0.05, 0) is 37.6 Å². The van der Waals surface area contributed by atoms with Crippen LogP contribution < -0.4 is 5.32 Å². The van der Waals surface area contributed by atoms with E-state index in [0.29, 0.717) is 6.04 Å². The summed E-state index contributed by atoms with van der Waals surface area (Å²) in [6.45, 7) is 5.21. The Morgan fingerprint density at radius 3 is 2.84 bits per heavy atom. The maximum atomic E-state index is 5.94. The molecule has 1 unspecified atom stereocenters. The Balaban J connectivity index is 1.68. The fraction of sp³-hybridized carbons (Fsp3) is 0.429. The van der Waals surface area contributed by atoms with E-state index < -0.39 is 0 Å². The van der Waals surface area contributed by atoms with Crippen LogP contribution in [0.1, 0.15) is 22.7 Å². The van der Waals surface area contributed by atoms with Gasteiger partial charge in [0.1, 0.15) is 0 Å². The zero-order valence-electron chi connectivity index (χ0n) is 11.2. The second kappa shape index (κ2) is 7.41. The Kier molecular flexibility index (Phi) is 5.85. The first-order valence-corrected chi connectivity index (χ1v) is 8.42. The van der Waals surface area contributed by atoms with Crippen molar-refractivity contribution in [3.8, 4) is 0 Å². The molecule has 0 saturated carbocycles. The van der Waals surface area contributed by atoms with Crippen molar-refractivity contribution < 1.29 is 0 Å². The van der Waals surface area contributed by atoms with Crippen LogP contribution in [-0.4, -0.2) is 25.0 Å². The van der Waals surface area contributed by atoms with Crippen LogP contribution in [0.4, 0.5) is 0 Å². The van der Waals surface area contributed by atoms with Crippen LogP contribution in [0.25, 0.3) is 0 Å². The van der Waals surface area contributed by atoms with Gasteiger partial charge >= 0.3 is 0 Å². The van der Waals surface area contributed by atoms with Gasteiger partial charge in [-0.3, -0.25) is 0 Å². The minimum Gasteiger partial charge on any atom is -0.308 e. The minimum absolute atomic E-state index is 0.435. The van der Waals surface area contributed by atoms with Gasteiger partial charge in [0.15, 0.2) is 0 Å². The average Bonchev–Trinajstić information content (AvgIpc) is 3.00. The minimum atomic E-state index is 0.435. The summed E-state index contributed by atoms with van der Waals surface area (Å²) in [5.41, 5.74) is 0.